The molecule has 1 N–H and O–H groups in total. The number of rotatable bonds is 7. The number of methoxy groups -OCH3 is 2. The van der Waals surface area contributed by atoms with E-state index in [4.69, 9.17) is 9.47 Å². The highest BCUT2D eigenvalue weighted by atomic mass is 79.9. The maximum atomic E-state index is 5.24. The molecule has 0 aromatic heterocycles. The molecule has 112 valence electrons. The van der Waals surface area contributed by atoms with Gasteiger partial charge in [0.25, 0.3) is 0 Å². The van der Waals surface area contributed by atoms with Gasteiger partial charge in [0.2, 0.25) is 0 Å². The molecular weight excluding hydrogens is 330 g/mol. The summed E-state index contributed by atoms with van der Waals surface area (Å²) in [5.74, 6) is 0.851. The van der Waals surface area contributed by atoms with Crippen LogP contribution >= 0.6 is 15.9 Å². The third-order valence-electron chi connectivity index (χ3n) is 3.28. The predicted molar refractivity (Wildman–Crippen MR) is 88.4 cm³/mol. The van der Waals surface area contributed by atoms with Gasteiger partial charge in [-0.05, 0) is 44.8 Å². The second kappa shape index (κ2) is 8.17. The molecule has 0 fully saturated rings. The van der Waals surface area contributed by atoms with E-state index in [1.807, 2.05) is 12.1 Å². The Kier molecular flexibility index (Phi) is 6.23. The normalized spacial score (nSPS) is 10.6. The fourth-order valence-electron chi connectivity index (χ4n) is 2.19. The van der Waals surface area contributed by atoms with Crippen LogP contribution in [0.25, 0.3) is 0 Å². The first kappa shape index (κ1) is 16.0. The minimum Gasteiger partial charge on any atom is -0.496 e. The lowest BCUT2D eigenvalue weighted by molar-refractivity contribution is 0.184. The van der Waals surface area contributed by atoms with Crippen molar-refractivity contribution in [3.05, 3.63) is 63.6 Å². The summed E-state index contributed by atoms with van der Waals surface area (Å²) in [6.07, 6.45) is 0. The minimum atomic E-state index is 0.645. The zero-order valence-corrected chi connectivity index (χ0v) is 13.9. The number of ether oxygens (including phenoxy) is 2. The molecule has 2 rings (SSSR count). The Hall–Kier alpha value is -1.36. The fourth-order valence-corrected chi connectivity index (χ4v) is 2.78. The monoisotopic (exact) mass is 349 g/mol. The lowest BCUT2D eigenvalue weighted by Crippen LogP contribution is -2.14. The number of hydrogen-bond acceptors (Lipinski definition) is 3. The van der Waals surface area contributed by atoms with Crippen LogP contribution in [0.1, 0.15) is 16.7 Å². The summed E-state index contributed by atoms with van der Waals surface area (Å²) in [6.45, 7) is 2.28. The molecule has 0 aliphatic rings. The molecule has 0 amide bonds. The van der Waals surface area contributed by atoms with Gasteiger partial charge in [-0.15, -0.1) is 0 Å². The lowest BCUT2D eigenvalue weighted by Gasteiger charge is -2.11. The summed E-state index contributed by atoms with van der Waals surface area (Å²) in [5, 5.41) is 3.46. The Balaban J connectivity index is 1.94. The highest BCUT2D eigenvalue weighted by Gasteiger charge is 2.03. The minimum absolute atomic E-state index is 0.645. The van der Waals surface area contributed by atoms with Crippen molar-refractivity contribution in [2.75, 3.05) is 14.2 Å². The van der Waals surface area contributed by atoms with Crippen molar-refractivity contribution in [3.63, 3.8) is 0 Å². The van der Waals surface area contributed by atoms with E-state index in [2.05, 4.69) is 51.6 Å². The number of halogens is 1. The molecule has 4 heteroatoms. The van der Waals surface area contributed by atoms with Gasteiger partial charge in [-0.1, -0.05) is 30.3 Å². The molecule has 2 aromatic rings. The molecule has 0 bridgehead atoms. The summed E-state index contributed by atoms with van der Waals surface area (Å²) in [5.41, 5.74) is 3.71. The van der Waals surface area contributed by atoms with E-state index in [0.717, 1.165) is 23.3 Å². The van der Waals surface area contributed by atoms with Crippen molar-refractivity contribution < 1.29 is 9.47 Å². The molecule has 0 unspecified atom stereocenters. The first-order chi connectivity index (χ1) is 10.2. The second-order valence-corrected chi connectivity index (χ2v) is 5.63. The molecule has 21 heavy (non-hydrogen) atoms. The van der Waals surface area contributed by atoms with Gasteiger partial charge < -0.3 is 14.8 Å². The van der Waals surface area contributed by atoms with Gasteiger partial charge in [-0.25, -0.2) is 0 Å². The van der Waals surface area contributed by atoms with E-state index >= 15 is 0 Å². The van der Waals surface area contributed by atoms with Crippen LogP contribution in [0.4, 0.5) is 0 Å². The first-order valence-corrected chi connectivity index (χ1v) is 7.62. The molecular formula is C17H20BrNO2. The standard InChI is InChI=1S/C17H20BrNO2/c1-20-12-15-6-4-3-5-14(15)11-19-10-13-7-8-17(21-2)16(18)9-13/h3-9,19H,10-12H2,1-2H3. The van der Waals surface area contributed by atoms with Crippen LogP contribution in [0.2, 0.25) is 0 Å². The van der Waals surface area contributed by atoms with E-state index in [9.17, 15) is 0 Å². The molecule has 0 aliphatic carbocycles. The summed E-state index contributed by atoms with van der Waals surface area (Å²) < 4.78 is 11.4. The van der Waals surface area contributed by atoms with Crippen LogP contribution < -0.4 is 10.1 Å². The van der Waals surface area contributed by atoms with E-state index in [-0.39, 0.29) is 0 Å². The maximum Gasteiger partial charge on any atom is 0.133 e. The highest BCUT2D eigenvalue weighted by molar-refractivity contribution is 9.10. The lowest BCUT2D eigenvalue weighted by atomic mass is 10.1. The fraction of sp³-hybridized carbons (Fsp3) is 0.294. The molecule has 0 spiro atoms. The number of benzene rings is 2. The molecule has 0 heterocycles. The van der Waals surface area contributed by atoms with Crippen molar-refractivity contribution in [1.82, 2.24) is 5.32 Å². The topological polar surface area (TPSA) is 30.5 Å². The zero-order chi connectivity index (χ0) is 15.1. The van der Waals surface area contributed by atoms with Crippen LogP contribution in [0.3, 0.4) is 0 Å². The molecule has 0 saturated carbocycles. The Morgan fingerprint density at radius 2 is 1.76 bits per heavy atom. The molecule has 0 atom stereocenters. The Bertz CT molecular complexity index is 587. The average Bonchev–Trinajstić information content (AvgIpc) is 2.49. The van der Waals surface area contributed by atoms with Crippen molar-refractivity contribution in [3.8, 4) is 5.75 Å². The van der Waals surface area contributed by atoms with Gasteiger partial charge in [-0.3, -0.25) is 0 Å². The van der Waals surface area contributed by atoms with E-state index in [1.54, 1.807) is 14.2 Å². The van der Waals surface area contributed by atoms with Gasteiger partial charge in [-0.2, -0.15) is 0 Å². The van der Waals surface area contributed by atoms with Crippen molar-refractivity contribution in [2.45, 2.75) is 19.7 Å². The van der Waals surface area contributed by atoms with E-state index in [1.165, 1.54) is 16.7 Å². The third kappa shape index (κ3) is 4.56. The van der Waals surface area contributed by atoms with Crippen LogP contribution in [0.15, 0.2) is 46.9 Å². The maximum absolute atomic E-state index is 5.24. The van der Waals surface area contributed by atoms with Crippen molar-refractivity contribution >= 4 is 15.9 Å². The van der Waals surface area contributed by atoms with Gasteiger partial charge in [0.1, 0.15) is 5.75 Å². The number of hydrogen-bond donors (Lipinski definition) is 1. The third-order valence-corrected chi connectivity index (χ3v) is 3.90. The zero-order valence-electron chi connectivity index (χ0n) is 12.4. The van der Waals surface area contributed by atoms with E-state index in [0.29, 0.717) is 6.61 Å². The quantitative estimate of drug-likeness (QED) is 0.822. The molecule has 0 radical (unpaired) electrons. The van der Waals surface area contributed by atoms with Crippen LogP contribution in [0, 0.1) is 0 Å². The Morgan fingerprint density at radius 1 is 1.00 bits per heavy atom. The summed E-state index contributed by atoms with van der Waals surface area (Å²) >= 11 is 3.51. The van der Waals surface area contributed by atoms with E-state index < -0.39 is 0 Å². The van der Waals surface area contributed by atoms with Gasteiger partial charge in [0, 0.05) is 20.2 Å². The summed E-state index contributed by atoms with van der Waals surface area (Å²) in [7, 11) is 3.39. The van der Waals surface area contributed by atoms with Crippen molar-refractivity contribution in [2.24, 2.45) is 0 Å². The summed E-state index contributed by atoms with van der Waals surface area (Å²) in [6, 6.07) is 14.4. The van der Waals surface area contributed by atoms with Crippen molar-refractivity contribution in [1.29, 1.82) is 0 Å². The largest absolute Gasteiger partial charge is 0.496 e. The Morgan fingerprint density at radius 3 is 2.43 bits per heavy atom. The SMILES string of the molecule is COCc1ccccc1CNCc1ccc(OC)c(Br)c1. The smallest absolute Gasteiger partial charge is 0.133 e. The van der Waals surface area contributed by atoms with Gasteiger partial charge in [0.05, 0.1) is 18.2 Å². The van der Waals surface area contributed by atoms with Crippen LogP contribution in [-0.4, -0.2) is 14.2 Å². The second-order valence-electron chi connectivity index (χ2n) is 4.77. The molecule has 0 aliphatic heterocycles. The van der Waals surface area contributed by atoms with Gasteiger partial charge >= 0.3 is 0 Å². The first-order valence-electron chi connectivity index (χ1n) is 6.83. The van der Waals surface area contributed by atoms with Crippen LogP contribution in [-0.2, 0) is 24.4 Å². The predicted octanol–water partition coefficient (Wildman–Crippen LogP) is 3.89. The number of nitrogens with one attached hydrogen (secondary N) is 1. The molecule has 3 nitrogen and oxygen atoms in total. The van der Waals surface area contributed by atoms with Crippen LogP contribution in [0.5, 0.6) is 5.75 Å². The molecule has 2 aromatic carbocycles. The summed E-state index contributed by atoms with van der Waals surface area (Å²) in [4.78, 5) is 0. The average molecular weight is 350 g/mol. The molecule has 0 saturated heterocycles. The Labute approximate surface area is 134 Å². The van der Waals surface area contributed by atoms with Gasteiger partial charge in [0.15, 0.2) is 0 Å². The highest BCUT2D eigenvalue weighted by Crippen LogP contribution is 2.25.